The van der Waals surface area contributed by atoms with Crippen LogP contribution in [-0.2, 0) is 13.0 Å². The molecular formula is C13H20N6S. The van der Waals surface area contributed by atoms with E-state index in [1.165, 1.54) is 5.56 Å². The lowest BCUT2D eigenvalue weighted by Gasteiger charge is -2.08. The standard InChI is InChI=1S/C13H20N6S/c1-11(2)15-8-9-19-13(16-17-18-19)20-10-5-12-3-6-14-7-4-12/h3-4,6-7,11,15H,5,8-10H2,1-2H3. The second kappa shape index (κ2) is 7.96. The number of aromatic nitrogens is 5. The smallest absolute Gasteiger partial charge is 0.209 e. The maximum absolute atomic E-state index is 4.07. The highest BCUT2D eigenvalue weighted by molar-refractivity contribution is 7.99. The number of thioether (sulfide) groups is 1. The first-order chi connectivity index (χ1) is 9.75. The molecule has 2 rings (SSSR count). The van der Waals surface area contributed by atoms with Gasteiger partial charge in [-0.2, -0.15) is 0 Å². The first kappa shape index (κ1) is 14.9. The summed E-state index contributed by atoms with van der Waals surface area (Å²) in [5.41, 5.74) is 1.29. The van der Waals surface area contributed by atoms with Crippen LogP contribution in [0.25, 0.3) is 0 Å². The van der Waals surface area contributed by atoms with E-state index in [4.69, 9.17) is 0 Å². The van der Waals surface area contributed by atoms with E-state index >= 15 is 0 Å². The van der Waals surface area contributed by atoms with E-state index in [-0.39, 0.29) is 0 Å². The van der Waals surface area contributed by atoms with Gasteiger partial charge in [0.2, 0.25) is 5.16 Å². The summed E-state index contributed by atoms with van der Waals surface area (Å²) in [6, 6.07) is 4.56. The van der Waals surface area contributed by atoms with Gasteiger partial charge in [-0.25, -0.2) is 4.68 Å². The monoisotopic (exact) mass is 292 g/mol. The molecule has 0 aliphatic heterocycles. The normalized spacial score (nSPS) is 11.2. The number of aryl methyl sites for hydroxylation is 1. The fourth-order valence-corrected chi connectivity index (χ4v) is 2.60. The van der Waals surface area contributed by atoms with Crippen LogP contribution in [0.3, 0.4) is 0 Å². The minimum atomic E-state index is 0.481. The van der Waals surface area contributed by atoms with Gasteiger partial charge in [0, 0.05) is 30.7 Å². The molecule has 2 aromatic heterocycles. The molecule has 0 aromatic carbocycles. The summed E-state index contributed by atoms with van der Waals surface area (Å²) in [5, 5.41) is 16.1. The lowest BCUT2D eigenvalue weighted by molar-refractivity contribution is 0.485. The van der Waals surface area contributed by atoms with Crippen molar-refractivity contribution in [1.29, 1.82) is 0 Å². The lowest BCUT2D eigenvalue weighted by atomic mass is 10.2. The Labute approximate surface area is 123 Å². The Bertz CT molecular complexity index is 499. The summed E-state index contributed by atoms with van der Waals surface area (Å²) in [6.45, 7) is 5.93. The predicted octanol–water partition coefficient (Wildman–Crippen LogP) is 1.40. The van der Waals surface area contributed by atoms with Gasteiger partial charge in [0.15, 0.2) is 0 Å². The number of hydrogen-bond acceptors (Lipinski definition) is 6. The van der Waals surface area contributed by atoms with Gasteiger partial charge >= 0.3 is 0 Å². The number of pyridine rings is 1. The molecule has 0 atom stereocenters. The second-order valence-electron chi connectivity index (χ2n) is 4.75. The van der Waals surface area contributed by atoms with Gasteiger partial charge in [0.05, 0.1) is 6.54 Å². The second-order valence-corrected chi connectivity index (χ2v) is 5.81. The van der Waals surface area contributed by atoms with Crippen molar-refractivity contribution in [3.05, 3.63) is 30.1 Å². The first-order valence-electron chi connectivity index (χ1n) is 6.77. The molecule has 7 heteroatoms. The van der Waals surface area contributed by atoms with Crippen molar-refractivity contribution in [3.63, 3.8) is 0 Å². The molecule has 0 bridgehead atoms. The van der Waals surface area contributed by atoms with Crippen molar-refractivity contribution in [1.82, 2.24) is 30.5 Å². The molecule has 6 nitrogen and oxygen atoms in total. The lowest BCUT2D eigenvalue weighted by Crippen LogP contribution is -2.27. The van der Waals surface area contributed by atoms with Gasteiger partial charge < -0.3 is 5.32 Å². The highest BCUT2D eigenvalue weighted by Gasteiger charge is 2.06. The van der Waals surface area contributed by atoms with Crippen molar-refractivity contribution < 1.29 is 0 Å². The summed E-state index contributed by atoms with van der Waals surface area (Å²) in [6.07, 6.45) is 4.63. The van der Waals surface area contributed by atoms with Crippen LogP contribution in [0.4, 0.5) is 0 Å². The molecule has 0 radical (unpaired) electrons. The molecule has 0 aliphatic rings. The molecule has 0 fully saturated rings. The van der Waals surface area contributed by atoms with E-state index in [0.717, 1.165) is 30.4 Å². The molecule has 0 spiro atoms. The van der Waals surface area contributed by atoms with Crippen LogP contribution in [0.15, 0.2) is 29.7 Å². The van der Waals surface area contributed by atoms with E-state index in [1.807, 2.05) is 29.2 Å². The fourth-order valence-electron chi connectivity index (χ4n) is 1.71. The van der Waals surface area contributed by atoms with Crippen molar-refractivity contribution in [2.75, 3.05) is 12.3 Å². The van der Waals surface area contributed by atoms with Crippen molar-refractivity contribution >= 4 is 11.8 Å². The van der Waals surface area contributed by atoms with Crippen LogP contribution in [0.1, 0.15) is 19.4 Å². The fraction of sp³-hybridized carbons (Fsp3) is 0.538. The molecule has 20 heavy (non-hydrogen) atoms. The largest absolute Gasteiger partial charge is 0.313 e. The molecular weight excluding hydrogens is 272 g/mol. The number of tetrazole rings is 1. The first-order valence-corrected chi connectivity index (χ1v) is 7.75. The summed E-state index contributed by atoms with van der Waals surface area (Å²) in [7, 11) is 0. The van der Waals surface area contributed by atoms with Crippen molar-refractivity contribution in [2.45, 2.75) is 38.0 Å². The van der Waals surface area contributed by atoms with Gasteiger partial charge in [0.25, 0.3) is 0 Å². The van der Waals surface area contributed by atoms with Gasteiger partial charge in [-0.1, -0.05) is 25.6 Å². The van der Waals surface area contributed by atoms with Gasteiger partial charge in [-0.3, -0.25) is 4.98 Å². The molecule has 0 saturated carbocycles. The molecule has 0 saturated heterocycles. The summed E-state index contributed by atoms with van der Waals surface area (Å²) < 4.78 is 1.85. The number of hydrogen-bond donors (Lipinski definition) is 1. The average molecular weight is 292 g/mol. The number of rotatable bonds is 8. The van der Waals surface area contributed by atoms with E-state index in [2.05, 4.69) is 39.7 Å². The van der Waals surface area contributed by atoms with Crippen LogP contribution in [0.2, 0.25) is 0 Å². The Morgan fingerprint density at radius 2 is 2.10 bits per heavy atom. The highest BCUT2D eigenvalue weighted by atomic mass is 32.2. The SMILES string of the molecule is CC(C)NCCn1nnnc1SCCc1ccncc1. The van der Waals surface area contributed by atoms with E-state index < -0.39 is 0 Å². The summed E-state index contributed by atoms with van der Waals surface area (Å²) in [4.78, 5) is 4.02. The molecule has 1 N–H and O–H groups in total. The van der Waals surface area contributed by atoms with Crippen LogP contribution < -0.4 is 5.32 Å². The van der Waals surface area contributed by atoms with Crippen LogP contribution in [0, 0.1) is 0 Å². The van der Waals surface area contributed by atoms with E-state index in [0.29, 0.717) is 6.04 Å². The highest BCUT2D eigenvalue weighted by Crippen LogP contribution is 2.15. The third kappa shape index (κ3) is 4.90. The van der Waals surface area contributed by atoms with Crippen molar-refractivity contribution in [3.8, 4) is 0 Å². The Morgan fingerprint density at radius 1 is 1.30 bits per heavy atom. The van der Waals surface area contributed by atoms with Crippen LogP contribution >= 0.6 is 11.8 Å². The molecule has 2 aromatic rings. The van der Waals surface area contributed by atoms with Crippen LogP contribution in [-0.4, -0.2) is 43.5 Å². The predicted molar refractivity (Wildman–Crippen MR) is 79.6 cm³/mol. The minimum absolute atomic E-state index is 0.481. The van der Waals surface area contributed by atoms with Crippen molar-refractivity contribution in [2.24, 2.45) is 0 Å². The zero-order valence-corrected chi connectivity index (χ0v) is 12.7. The minimum Gasteiger partial charge on any atom is -0.313 e. The number of nitrogens with zero attached hydrogens (tertiary/aromatic N) is 5. The molecule has 0 aliphatic carbocycles. The Hall–Kier alpha value is -1.47. The molecule has 108 valence electrons. The maximum atomic E-state index is 4.07. The van der Waals surface area contributed by atoms with Crippen LogP contribution in [0.5, 0.6) is 0 Å². The van der Waals surface area contributed by atoms with Gasteiger partial charge in [-0.15, -0.1) is 5.10 Å². The zero-order valence-electron chi connectivity index (χ0n) is 11.9. The van der Waals surface area contributed by atoms with Gasteiger partial charge in [-0.05, 0) is 34.5 Å². The third-order valence-electron chi connectivity index (χ3n) is 2.75. The molecule has 0 amide bonds. The van der Waals surface area contributed by atoms with Gasteiger partial charge in [0.1, 0.15) is 0 Å². The zero-order chi connectivity index (χ0) is 14.2. The summed E-state index contributed by atoms with van der Waals surface area (Å²) in [5.74, 6) is 0.960. The summed E-state index contributed by atoms with van der Waals surface area (Å²) >= 11 is 1.69. The Morgan fingerprint density at radius 3 is 2.85 bits per heavy atom. The molecule has 2 heterocycles. The molecule has 0 unspecified atom stereocenters. The Kier molecular flexibility index (Phi) is 5.94. The average Bonchev–Trinajstić information content (AvgIpc) is 2.87. The van der Waals surface area contributed by atoms with E-state index in [1.54, 1.807) is 11.8 Å². The third-order valence-corrected chi connectivity index (χ3v) is 3.71. The topological polar surface area (TPSA) is 68.5 Å². The van der Waals surface area contributed by atoms with E-state index in [9.17, 15) is 0 Å². The maximum Gasteiger partial charge on any atom is 0.209 e. The quantitative estimate of drug-likeness (QED) is 0.742. The number of nitrogens with one attached hydrogen (secondary N) is 1. The Balaban J connectivity index is 1.77.